The van der Waals surface area contributed by atoms with Crippen LogP contribution in [0.25, 0.3) is 10.9 Å². The van der Waals surface area contributed by atoms with Gasteiger partial charge in [0.2, 0.25) is 0 Å². The first kappa shape index (κ1) is 18.4. The molecule has 2 aromatic carbocycles. The first-order valence-corrected chi connectivity index (χ1v) is 11.0. The van der Waals surface area contributed by atoms with Gasteiger partial charge in [0, 0.05) is 27.9 Å². The normalized spacial score (nSPS) is 19.6. The van der Waals surface area contributed by atoms with Crippen LogP contribution in [0.5, 0.6) is 0 Å². The van der Waals surface area contributed by atoms with Crippen LogP contribution >= 0.6 is 22.9 Å². The number of aromatic amines is 1. The molecule has 1 aliphatic rings. The van der Waals surface area contributed by atoms with Gasteiger partial charge in [-0.15, -0.1) is 0 Å². The number of ketones is 1. The minimum atomic E-state index is -0.219. The van der Waals surface area contributed by atoms with E-state index in [9.17, 15) is 4.79 Å². The zero-order chi connectivity index (χ0) is 19.8. The van der Waals surface area contributed by atoms with Crippen LogP contribution in [0.1, 0.15) is 10.4 Å². The number of nitrogens with zero attached hydrogens (tertiary/aromatic N) is 1. The summed E-state index contributed by atoms with van der Waals surface area (Å²) in [6.45, 7) is 2.50. The molecule has 1 aliphatic heterocycles. The number of aromatic nitrogens is 1. The lowest BCUT2D eigenvalue weighted by molar-refractivity contribution is -0.834. The fraction of sp³-hybridized carbons (Fsp3) is 0.174. The Morgan fingerprint density at radius 3 is 2.79 bits per heavy atom. The van der Waals surface area contributed by atoms with Crippen molar-refractivity contribution in [1.82, 2.24) is 4.98 Å². The van der Waals surface area contributed by atoms with Gasteiger partial charge in [-0.05, 0) is 53.9 Å². The first-order valence-electron chi connectivity index (χ1n) is 9.70. The van der Waals surface area contributed by atoms with Gasteiger partial charge in [0.15, 0.2) is 5.78 Å². The number of quaternary nitrogens is 1. The average Bonchev–Trinajstić information content (AvgIpc) is 3.45. The van der Waals surface area contributed by atoms with Crippen molar-refractivity contribution < 1.29 is 9.69 Å². The van der Waals surface area contributed by atoms with Crippen molar-refractivity contribution in [2.45, 2.75) is 6.04 Å². The van der Waals surface area contributed by atoms with Gasteiger partial charge in [0.05, 0.1) is 24.0 Å². The molecule has 0 bridgehead atoms. The van der Waals surface area contributed by atoms with Gasteiger partial charge in [0.1, 0.15) is 18.3 Å². The molecule has 5 rings (SSSR count). The lowest BCUT2D eigenvalue weighted by Crippen LogP contribution is -3.11. The van der Waals surface area contributed by atoms with E-state index in [4.69, 9.17) is 11.6 Å². The maximum atomic E-state index is 13.5. The fourth-order valence-electron chi connectivity index (χ4n) is 4.27. The van der Waals surface area contributed by atoms with Crippen LogP contribution in [0.2, 0.25) is 5.02 Å². The molecule has 1 fully saturated rings. The quantitative estimate of drug-likeness (QED) is 0.484. The number of fused-ring (bicyclic) bond motifs is 1. The Balaban J connectivity index is 1.51. The Hall–Kier alpha value is -2.60. The molecule has 2 unspecified atom stereocenters. The molecule has 4 aromatic rings. The van der Waals surface area contributed by atoms with E-state index >= 15 is 0 Å². The van der Waals surface area contributed by atoms with Crippen molar-refractivity contribution in [3.63, 3.8) is 0 Å². The number of hydrogen-bond donors (Lipinski definition) is 2. The van der Waals surface area contributed by atoms with Crippen LogP contribution in [0, 0.1) is 0 Å². The lowest BCUT2D eigenvalue weighted by Gasteiger charge is -2.39. The molecule has 1 saturated heterocycles. The van der Waals surface area contributed by atoms with Crippen LogP contribution in [0.4, 0.5) is 11.4 Å². The monoisotopic (exact) mass is 422 g/mol. The molecule has 3 heterocycles. The molecular weight excluding hydrogens is 402 g/mol. The van der Waals surface area contributed by atoms with Crippen LogP contribution in [-0.4, -0.2) is 36.4 Å². The third-order valence-electron chi connectivity index (χ3n) is 5.72. The molecule has 29 heavy (non-hydrogen) atoms. The van der Waals surface area contributed by atoms with Gasteiger partial charge < -0.3 is 9.88 Å². The lowest BCUT2D eigenvalue weighted by atomic mass is 9.99. The van der Waals surface area contributed by atoms with Crippen molar-refractivity contribution in [2.24, 2.45) is 0 Å². The number of piperazine rings is 1. The molecule has 0 spiro atoms. The molecule has 2 N–H and O–H groups in total. The Bertz CT molecular complexity index is 1140. The van der Waals surface area contributed by atoms with Gasteiger partial charge in [-0.1, -0.05) is 17.7 Å². The number of anilines is 1. The average molecular weight is 423 g/mol. The Morgan fingerprint density at radius 1 is 1.14 bits per heavy atom. The summed E-state index contributed by atoms with van der Waals surface area (Å²) in [7, 11) is 0. The molecule has 2 atom stereocenters. The van der Waals surface area contributed by atoms with Crippen LogP contribution in [-0.2, 0) is 0 Å². The number of thiophene rings is 1. The van der Waals surface area contributed by atoms with Gasteiger partial charge in [-0.25, -0.2) is 0 Å². The van der Waals surface area contributed by atoms with Gasteiger partial charge in [-0.3, -0.25) is 9.69 Å². The molecular formula is C23H21ClN3OS+. The number of hydrogen-bond acceptors (Lipinski definition) is 3. The number of H-pyrrole nitrogens is 1. The van der Waals surface area contributed by atoms with E-state index in [2.05, 4.69) is 51.0 Å². The second-order valence-electron chi connectivity index (χ2n) is 7.36. The minimum Gasteiger partial charge on any atom is -0.361 e. The highest BCUT2D eigenvalue weighted by molar-refractivity contribution is 7.08. The third-order valence-corrected chi connectivity index (χ3v) is 6.64. The zero-order valence-electron chi connectivity index (χ0n) is 15.8. The maximum absolute atomic E-state index is 13.5. The number of carbonyl (C=O) groups excluding carboxylic acids is 1. The molecule has 0 radical (unpaired) electrons. The second-order valence-corrected chi connectivity index (χ2v) is 8.58. The van der Waals surface area contributed by atoms with Crippen molar-refractivity contribution in [3.8, 4) is 0 Å². The number of benzene rings is 2. The van der Waals surface area contributed by atoms with Gasteiger partial charge >= 0.3 is 0 Å². The Labute approximate surface area is 178 Å². The Morgan fingerprint density at radius 2 is 2.00 bits per heavy atom. The van der Waals surface area contributed by atoms with Gasteiger partial charge in [-0.2, -0.15) is 11.3 Å². The third kappa shape index (κ3) is 3.46. The summed E-state index contributed by atoms with van der Waals surface area (Å²) in [5, 5.41) is 6.06. The highest BCUT2D eigenvalue weighted by Crippen LogP contribution is 2.25. The van der Waals surface area contributed by atoms with Crippen molar-refractivity contribution in [1.29, 1.82) is 0 Å². The molecule has 0 aliphatic carbocycles. The SMILES string of the molecule is O=C(c1ccc(Cl)cc1)C1C[NH+](c2cccc3[nH]ccc23)CCN1c1ccsc1. The summed E-state index contributed by atoms with van der Waals surface area (Å²) in [4.78, 5) is 20.4. The summed E-state index contributed by atoms with van der Waals surface area (Å²) < 4.78 is 0. The molecule has 6 heteroatoms. The second kappa shape index (κ2) is 7.67. The highest BCUT2D eigenvalue weighted by Gasteiger charge is 2.37. The van der Waals surface area contributed by atoms with Crippen molar-refractivity contribution >= 4 is 51.0 Å². The van der Waals surface area contributed by atoms with Crippen molar-refractivity contribution in [2.75, 3.05) is 24.5 Å². The molecule has 0 saturated carbocycles. The number of carbonyl (C=O) groups is 1. The number of nitrogens with one attached hydrogen (secondary N) is 2. The predicted octanol–water partition coefficient (Wildman–Crippen LogP) is 4.17. The molecule has 0 amide bonds. The summed E-state index contributed by atoms with van der Waals surface area (Å²) >= 11 is 7.70. The highest BCUT2D eigenvalue weighted by atomic mass is 35.5. The van der Waals surface area contributed by atoms with E-state index in [-0.39, 0.29) is 11.8 Å². The largest absolute Gasteiger partial charge is 0.361 e. The predicted molar refractivity (Wildman–Crippen MR) is 120 cm³/mol. The van der Waals surface area contributed by atoms with E-state index in [1.807, 2.05) is 18.3 Å². The topological polar surface area (TPSA) is 40.5 Å². The van der Waals surface area contributed by atoms with E-state index in [0.717, 1.165) is 30.8 Å². The van der Waals surface area contributed by atoms with E-state index in [0.29, 0.717) is 10.6 Å². The maximum Gasteiger partial charge on any atom is 0.191 e. The summed E-state index contributed by atoms with van der Waals surface area (Å²) in [6.07, 6.45) is 1.98. The van der Waals surface area contributed by atoms with Crippen LogP contribution < -0.4 is 9.80 Å². The molecule has 2 aromatic heterocycles. The summed E-state index contributed by atoms with van der Waals surface area (Å²) in [6, 6.07) is 17.6. The Kier molecular flexibility index (Phi) is 4.87. The summed E-state index contributed by atoms with van der Waals surface area (Å²) in [5.74, 6) is 0.145. The number of Topliss-reactive ketones (excluding diaryl/α,β-unsaturated/α-hetero) is 1. The van der Waals surface area contributed by atoms with Crippen LogP contribution in [0.15, 0.2) is 71.6 Å². The molecule has 4 nitrogen and oxygen atoms in total. The van der Waals surface area contributed by atoms with E-state index in [1.54, 1.807) is 23.5 Å². The minimum absolute atomic E-state index is 0.145. The van der Waals surface area contributed by atoms with Crippen molar-refractivity contribution in [3.05, 3.63) is 82.1 Å². The van der Waals surface area contributed by atoms with E-state index < -0.39 is 0 Å². The molecule has 146 valence electrons. The summed E-state index contributed by atoms with van der Waals surface area (Å²) in [5.41, 5.74) is 4.22. The standard InChI is InChI=1S/C23H20ClN3OS/c24-17-6-4-16(5-7-17)23(28)22-14-26(11-12-27(22)18-9-13-29-15-18)21-3-1-2-20-19(21)8-10-25-20/h1-10,13,15,22,25H,11-12,14H2/p+1. The number of halogens is 1. The number of rotatable bonds is 4. The zero-order valence-corrected chi connectivity index (χ0v) is 17.3. The van der Waals surface area contributed by atoms with Gasteiger partial charge in [0.25, 0.3) is 0 Å². The smallest absolute Gasteiger partial charge is 0.191 e. The van der Waals surface area contributed by atoms with E-state index in [1.165, 1.54) is 16.0 Å². The van der Waals surface area contributed by atoms with Crippen LogP contribution in [0.3, 0.4) is 0 Å². The first-order chi connectivity index (χ1) is 14.2. The fourth-order valence-corrected chi connectivity index (χ4v) is 5.04.